The first-order valence-corrected chi connectivity index (χ1v) is 11.3. The summed E-state index contributed by atoms with van der Waals surface area (Å²) in [6.07, 6.45) is 4.20. The summed E-state index contributed by atoms with van der Waals surface area (Å²) in [5, 5.41) is 5.67. The quantitative estimate of drug-likeness (QED) is 0.571. The van der Waals surface area contributed by atoms with Gasteiger partial charge >= 0.3 is 6.03 Å². The zero-order valence-electron chi connectivity index (χ0n) is 16.6. The topological polar surface area (TPSA) is 93.1 Å². The van der Waals surface area contributed by atoms with Gasteiger partial charge in [0.05, 0.1) is 10.6 Å². The third-order valence-electron chi connectivity index (χ3n) is 4.66. The normalized spacial score (nSPS) is 14.8. The monoisotopic (exact) mass is 422 g/mol. The maximum Gasteiger partial charge on any atom is 0.321 e. The zero-order valence-corrected chi connectivity index (χ0v) is 18.3. The molecule has 0 saturated carbocycles. The molecule has 2 aromatic heterocycles. The van der Waals surface area contributed by atoms with Crippen molar-refractivity contribution in [3.8, 4) is 0 Å². The number of thioether (sulfide) groups is 1. The molecule has 7 nitrogen and oxygen atoms in total. The Labute approximate surface area is 172 Å². The van der Waals surface area contributed by atoms with Crippen LogP contribution >= 0.6 is 23.1 Å². The number of rotatable bonds is 5. The first-order valence-electron chi connectivity index (χ1n) is 9.64. The van der Waals surface area contributed by atoms with E-state index in [4.69, 9.17) is 4.98 Å². The van der Waals surface area contributed by atoms with Gasteiger partial charge in [-0.3, -0.25) is 19.5 Å². The second-order valence-corrected chi connectivity index (χ2v) is 9.60. The maximum atomic E-state index is 13.1. The van der Waals surface area contributed by atoms with E-state index >= 15 is 0 Å². The molecule has 0 bridgehead atoms. The molecule has 0 unspecified atom stereocenters. The Balaban J connectivity index is 1.87. The molecule has 0 spiro atoms. The number of carbonyl (C=O) groups excluding carboxylic acids is 2. The number of thiophene rings is 1. The number of aryl methyl sites for hydroxylation is 2. The molecule has 9 heteroatoms. The molecule has 0 fully saturated rings. The summed E-state index contributed by atoms with van der Waals surface area (Å²) in [7, 11) is 0. The van der Waals surface area contributed by atoms with E-state index in [9.17, 15) is 14.4 Å². The minimum atomic E-state index is -0.561. The van der Waals surface area contributed by atoms with Gasteiger partial charge in [-0.05, 0) is 58.9 Å². The van der Waals surface area contributed by atoms with Gasteiger partial charge in [0.2, 0.25) is 5.91 Å². The number of nitrogens with zero attached hydrogens (tertiary/aromatic N) is 2. The lowest BCUT2D eigenvalue weighted by atomic mass is 9.97. The van der Waals surface area contributed by atoms with Gasteiger partial charge in [0, 0.05) is 17.5 Å². The number of nitrogens with one attached hydrogen (secondary N) is 2. The lowest BCUT2D eigenvalue weighted by molar-refractivity contribution is -0.119. The van der Waals surface area contributed by atoms with Crippen LogP contribution in [0.2, 0.25) is 0 Å². The van der Waals surface area contributed by atoms with Crippen LogP contribution < -0.4 is 16.2 Å². The molecule has 1 atom stereocenters. The van der Waals surface area contributed by atoms with Gasteiger partial charge in [0.25, 0.3) is 5.56 Å². The fourth-order valence-corrected chi connectivity index (χ4v) is 5.59. The molecule has 1 aliphatic carbocycles. The smallest absolute Gasteiger partial charge is 0.321 e. The van der Waals surface area contributed by atoms with E-state index in [2.05, 4.69) is 10.6 Å². The minimum Gasteiger partial charge on any atom is -0.336 e. The van der Waals surface area contributed by atoms with Crippen molar-refractivity contribution < 1.29 is 9.59 Å². The zero-order chi connectivity index (χ0) is 20.4. The van der Waals surface area contributed by atoms with Crippen LogP contribution in [0.3, 0.4) is 0 Å². The van der Waals surface area contributed by atoms with Crippen LogP contribution in [0.4, 0.5) is 4.79 Å². The number of carbonyl (C=O) groups is 2. The van der Waals surface area contributed by atoms with Crippen molar-refractivity contribution in [3.05, 3.63) is 20.8 Å². The van der Waals surface area contributed by atoms with Crippen LogP contribution in [0.1, 0.15) is 51.0 Å². The standard InChI is InChI=1S/C19H26N4O3S2/c1-5-23-17(25)14-12-8-6-7-9-13(12)28-16(14)22-19(23)27-11(4)15(24)21-18(26)20-10(2)3/h10-11H,5-9H2,1-4H3,(H2,20,21,24,26)/t11-/m1/s1. The van der Waals surface area contributed by atoms with Crippen LogP contribution in [0.25, 0.3) is 10.2 Å². The molecule has 0 aliphatic heterocycles. The second-order valence-electron chi connectivity index (χ2n) is 7.21. The van der Waals surface area contributed by atoms with E-state index in [-0.39, 0.29) is 11.6 Å². The summed E-state index contributed by atoms with van der Waals surface area (Å²) in [4.78, 5) is 44.0. The van der Waals surface area contributed by atoms with E-state index in [1.165, 1.54) is 22.2 Å². The first kappa shape index (κ1) is 20.9. The molecule has 3 amide bonds. The Morgan fingerprint density at radius 1 is 1.25 bits per heavy atom. The van der Waals surface area contributed by atoms with Gasteiger partial charge in [-0.25, -0.2) is 9.78 Å². The summed E-state index contributed by atoms with van der Waals surface area (Å²) in [6.45, 7) is 7.73. The predicted molar refractivity (Wildman–Crippen MR) is 113 cm³/mol. The van der Waals surface area contributed by atoms with Gasteiger partial charge in [-0.2, -0.15) is 0 Å². The van der Waals surface area contributed by atoms with Crippen LogP contribution in [0.5, 0.6) is 0 Å². The van der Waals surface area contributed by atoms with Gasteiger partial charge in [-0.15, -0.1) is 11.3 Å². The van der Waals surface area contributed by atoms with Crippen molar-refractivity contribution in [1.29, 1.82) is 0 Å². The Bertz CT molecular complexity index is 964. The van der Waals surface area contributed by atoms with Crippen LogP contribution in [-0.4, -0.2) is 32.8 Å². The number of hydrogen-bond acceptors (Lipinski definition) is 6. The fraction of sp³-hybridized carbons (Fsp3) is 0.579. The molecule has 2 aromatic rings. The molecule has 0 aromatic carbocycles. The lowest BCUT2D eigenvalue weighted by Crippen LogP contribution is -2.45. The SMILES string of the molecule is CCn1c(S[C@H](C)C(=O)NC(=O)NC(C)C)nc2sc3c(c2c1=O)CCCC3. The summed E-state index contributed by atoms with van der Waals surface area (Å²) in [6, 6.07) is -0.579. The van der Waals surface area contributed by atoms with Gasteiger partial charge in [-0.1, -0.05) is 11.8 Å². The molecule has 1 aliphatic rings. The Morgan fingerprint density at radius 2 is 1.96 bits per heavy atom. The number of urea groups is 1. The van der Waals surface area contributed by atoms with E-state index in [1.54, 1.807) is 22.8 Å². The van der Waals surface area contributed by atoms with Crippen molar-refractivity contribution in [2.45, 2.75) is 76.4 Å². The Morgan fingerprint density at radius 3 is 2.64 bits per heavy atom. The number of fused-ring (bicyclic) bond motifs is 3. The summed E-state index contributed by atoms with van der Waals surface area (Å²) in [5.41, 5.74) is 1.14. The predicted octanol–water partition coefficient (Wildman–Crippen LogP) is 3.07. The summed E-state index contributed by atoms with van der Waals surface area (Å²) >= 11 is 2.80. The Kier molecular flexibility index (Phi) is 6.44. The van der Waals surface area contributed by atoms with Gasteiger partial charge in [0.1, 0.15) is 4.83 Å². The average molecular weight is 423 g/mol. The second kappa shape index (κ2) is 8.65. The number of aromatic nitrogens is 2. The molecule has 28 heavy (non-hydrogen) atoms. The number of hydrogen-bond donors (Lipinski definition) is 2. The fourth-order valence-electron chi connectivity index (χ4n) is 3.31. The molecule has 3 rings (SSSR count). The highest BCUT2D eigenvalue weighted by Gasteiger charge is 2.24. The highest BCUT2D eigenvalue weighted by Crippen LogP contribution is 2.35. The third kappa shape index (κ3) is 4.25. The molecule has 2 N–H and O–H groups in total. The van der Waals surface area contributed by atoms with Crippen LogP contribution in [0.15, 0.2) is 9.95 Å². The highest BCUT2D eigenvalue weighted by atomic mass is 32.2. The Hall–Kier alpha value is -1.87. The first-order chi connectivity index (χ1) is 13.3. The molecule has 0 radical (unpaired) electrons. The highest BCUT2D eigenvalue weighted by molar-refractivity contribution is 8.00. The summed E-state index contributed by atoms with van der Waals surface area (Å²) < 4.78 is 1.63. The van der Waals surface area contributed by atoms with Crippen molar-refractivity contribution in [2.24, 2.45) is 0 Å². The largest absolute Gasteiger partial charge is 0.336 e. The molecule has 2 heterocycles. The van der Waals surface area contributed by atoms with E-state index < -0.39 is 17.2 Å². The van der Waals surface area contributed by atoms with Gasteiger partial charge in [0.15, 0.2) is 5.16 Å². The van der Waals surface area contributed by atoms with E-state index in [1.807, 2.05) is 20.8 Å². The van der Waals surface area contributed by atoms with Crippen molar-refractivity contribution in [3.63, 3.8) is 0 Å². The maximum absolute atomic E-state index is 13.1. The third-order valence-corrected chi connectivity index (χ3v) is 6.94. The number of amides is 3. The van der Waals surface area contributed by atoms with E-state index in [0.29, 0.717) is 11.7 Å². The van der Waals surface area contributed by atoms with E-state index in [0.717, 1.165) is 35.9 Å². The minimum absolute atomic E-state index is 0.0282. The average Bonchev–Trinajstić information content (AvgIpc) is 2.99. The molecular formula is C19H26N4O3S2. The van der Waals surface area contributed by atoms with Crippen molar-refractivity contribution in [1.82, 2.24) is 20.2 Å². The van der Waals surface area contributed by atoms with Gasteiger partial charge < -0.3 is 5.32 Å². The molecule has 152 valence electrons. The van der Waals surface area contributed by atoms with Crippen LogP contribution in [-0.2, 0) is 24.2 Å². The van der Waals surface area contributed by atoms with Crippen molar-refractivity contribution in [2.75, 3.05) is 0 Å². The van der Waals surface area contributed by atoms with Crippen LogP contribution in [0, 0.1) is 0 Å². The summed E-state index contributed by atoms with van der Waals surface area (Å²) in [5.74, 6) is -0.411. The lowest BCUT2D eigenvalue weighted by Gasteiger charge is -2.15. The molecule has 0 saturated heterocycles. The van der Waals surface area contributed by atoms with Crippen molar-refractivity contribution >= 4 is 45.3 Å². The number of imide groups is 1. The molecular weight excluding hydrogens is 396 g/mol.